The highest BCUT2D eigenvalue weighted by Gasteiger charge is 2.71. The molecule has 2 saturated carbocycles. The first-order valence-corrected chi connectivity index (χ1v) is 20.2. The number of fused-ring (bicyclic) bond motifs is 5. The van der Waals surface area contributed by atoms with Crippen LogP contribution in [0.2, 0.25) is 0 Å². The summed E-state index contributed by atoms with van der Waals surface area (Å²) in [6, 6.07) is 26.9. The Kier molecular flexibility index (Phi) is 15.9. The lowest BCUT2D eigenvalue weighted by Crippen LogP contribution is -2.74. The predicted molar refractivity (Wildman–Crippen MR) is 223 cm³/mol. The molecule has 0 aromatic heterocycles. The van der Waals surface area contributed by atoms with E-state index in [4.69, 9.17) is 35.0 Å². The van der Waals surface area contributed by atoms with Gasteiger partial charge < -0.3 is 40.4 Å². The molecule has 3 aliphatic carbocycles. The van der Waals surface area contributed by atoms with Crippen molar-refractivity contribution >= 4 is 35.6 Å². The molecule has 14 heteroatoms. The van der Waals surface area contributed by atoms with E-state index < -0.39 is 70.3 Å². The Hall–Kier alpha value is -5.70. The number of hydrogen-bond donors (Lipinski definition) is 5. The van der Waals surface area contributed by atoms with E-state index in [0.29, 0.717) is 36.1 Å². The second-order valence-electron chi connectivity index (χ2n) is 16.5. The number of aliphatic hydroxyl groups excluding tert-OH is 1. The molecule has 3 aromatic rings. The highest BCUT2D eigenvalue weighted by molar-refractivity contribution is 5.95. The van der Waals surface area contributed by atoms with Crippen LogP contribution >= 0.6 is 0 Å². The van der Waals surface area contributed by atoms with Crippen LogP contribution in [-0.2, 0) is 39.8 Å². The van der Waals surface area contributed by atoms with Crippen molar-refractivity contribution in [1.29, 1.82) is 0 Å². The number of allylic oxidation sites excluding steroid dienone is 1. The van der Waals surface area contributed by atoms with Gasteiger partial charge in [-0.3, -0.25) is 24.0 Å². The summed E-state index contributed by atoms with van der Waals surface area (Å²) in [7, 11) is 0. The maximum atomic E-state index is 14.5. The Morgan fingerprint density at radius 1 is 0.836 bits per heavy atom. The maximum absolute atomic E-state index is 14.5. The van der Waals surface area contributed by atoms with Crippen molar-refractivity contribution in [3.05, 3.63) is 119 Å². The smallest absolute Gasteiger partial charge is 0.338 e. The number of carbonyl (C=O) groups is 6. The molecule has 6 N–H and O–H groups in total. The van der Waals surface area contributed by atoms with Gasteiger partial charge in [0.2, 0.25) is 5.91 Å². The van der Waals surface area contributed by atoms with Gasteiger partial charge >= 0.3 is 17.9 Å². The van der Waals surface area contributed by atoms with Gasteiger partial charge in [-0.15, -0.1) is 0 Å². The lowest BCUT2D eigenvalue weighted by atomic mass is 9.46. The third kappa shape index (κ3) is 10.8. The van der Waals surface area contributed by atoms with E-state index in [0.717, 1.165) is 18.1 Å². The molecular weight excluding hydrogens is 787 g/mol. The molecule has 1 aliphatic heterocycles. The van der Waals surface area contributed by atoms with Crippen molar-refractivity contribution in [3.8, 4) is 0 Å². The molecule has 2 bridgehead atoms. The number of aryl methyl sites for hydroxylation is 1. The average molecular weight is 844 g/mol. The van der Waals surface area contributed by atoms with Crippen LogP contribution in [-0.4, -0.2) is 92.6 Å². The minimum atomic E-state index is -1.60. The number of esters is 2. The van der Waals surface area contributed by atoms with Crippen LogP contribution in [0, 0.1) is 22.7 Å². The molecule has 3 fully saturated rings. The monoisotopic (exact) mass is 843 g/mol. The number of aliphatic carboxylic acids is 2. The summed E-state index contributed by atoms with van der Waals surface area (Å²) < 4.78 is 17.7. The van der Waals surface area contributed by atoms with Crippen molar-refractivity contribution in [3.63, 3.8) is 0 Å². The number of carboxylic acid groups (broad SMARTS) is 2. The second kappa shape index (κ2) is 20.2. The zero-order chi connectivity index (χ0) is 45.3. The highest BCUT2D eigenvalue weighted by atomic mass is 16.6. The van der Waals surface area contributed by atoms with Crippen LogP contribution in [0.5, 0.6) is 0 Å². The summed E-state index contributed by atoms with van der Waals surface area (Å²) in [5.74, 6) is -4.59. The quantitative estimate of drug-likeness (QED) is 0.145. The molecule has 0 radical (unpaired) electrons. The first-order valence-electron chi connectivity index (χ1n) is 20.2. The Morgan fingerprint density at radius 2 is 1.36 bits per heavy atom. The summed E-state index contributed by atoms with van der Waals surface area (Å²) in [5, 5.41) is 39.9. The van der Waals surface area contributed by atoms with Gasteiger partial charge in [0.25, 0.3) is 5.97 Å². The fourth-order valence-electron chi connectivity index (χ4n) is 8.98. The summed E-state index contributed by atoms with van der Waals surface area (Å²) in [5.41, 5.74) is 4.15. The van der Waals surface area contributed by atoms with Gasteiger partial charge in [0.05, 0.1) is 29.8 Å². The molecule has 61 heavy (non-hydrogen) atoms. The van der Waals surface area contributed by atoms with Gasteiger partial charge in [-0.2, -0.15) is 0 Å². The third-order valence-corrected chi connectivity index (χ3v) is 12.3. The second-order valence-corrected chi connectivity index (χ2v) is 16.5. The van der Waals surface area contributed by atoms with Crippen molar-refractivity contribution in [2.75, 3.05) is 6.61 Å². The topological polar surface area (TPSA) is 237 Å². The third-order valence-electron chi connectivity index (χ3n) is 12.3. The standard InChI is InChI=1S/C29H36O8.C9H10O2.C7H7NO.C2H4O2/c1-15-11-12-29(34)25(37-26(33)17-9-7-6-8-10-17)22-18-14-35-19(18)13-20(31)28(22,5)24(32)23(36-16(2)30)21(15)27(29,3)4;10-9(11)7-6-8-4-2-1-3-5-8;8-7(9)6-4-2-1-3-5-6;1-2(3)4/h6-10,18-20,22-23,25,31,34H,11-14H2,1-5H3;1-5H,6-7H2,(H,10,11);1-5H,(H2,8,9);1H3,(H,3,4)/t18-,19-,20+,22?,23?,25+,28-,29?;;;/m0.../s1. The molecule has 1 amide bonds. The van der Waals surface area contributed by atoms with Crippen LogP contribution in [0.1, 0.15) is 93.5 Å². The lowest BCUT2D eigenvalue weighted by Gasteiger charge is -2.64. The number of nitrogens with two attached hydrogens (primary N) is 1. The molecule has 0 spiro atoms. The van der Waals surface area contributed by atoms with Gasteiger partial charge in [-0.25, -0.2) is 4.79 Å². The number of carbonyl (C=O) groups excluding carboxylic acids is 4. The maximum Gasteiger partial charge on any atom is 0.338 e. The van der Waals surface area contributed by atoms with E-state index in [1.54, 1.807) is 61.5 Å². The van der Waals surface area contributed by atoms with Gasteiger partial charge in [0.15, 0.2) is 11.9 Å². The summed E-state index contributed by atoms with van der Waals surface area (Å²) in [6.45, 7) is 9.82. The Balaban J connectivity index is 0.000000276. The first kappa shape index (κ1) is 48.0. The molecular formula is C47H57NO13. The SMILES string of the molecule is CC(=O)O.CC(=O)OC1C(=O)[C@]2(C)C([C@H]3CO[C@H]3C[C@H]2O)[C@@H](OC(=O)c2ccccc2)C2(O)CCC(C)=C1C2(C)C.NC(=O)c1ccccc1.O=C(O)CCc1ccccc1. The van der Waals surface area contributed by atoms with Crippen LogP contribution in [0.15, 0.2) is 102 Å². The van der Waals surface area contributed by atoms with Crippen molar-refractivity contribution in [2.24, 2.45) is 28.4 Å². The lowest BCUT2D eigenvalue weighted by molar-refractivity contribution is -0.274. The Bertz CT molecular complexity index is 2070. The normalized spacial score (nSPS) is 27.9. The Morgan fingerprint density at radius 3 is 1.82 bits per heavy atom. The number of aliphatic hydroxyl groups is 2. The number of primary amides is 1. The number of ketones is 1. The number of Topliss-reactive ketones (excluding diaryl/α,β-unsaturated/α-hetero) is 1. The number of amides is 1. The van der Waals surface area contributed by atoms with E-state index in [1.807, 2.05) is 57.2 Å². The number of carboxylic acids is 2. The van der Waals surface area contributed by atoms with Gasteiger partial charge in [0, 0.05) is 49.5 Å². The van der Waals surface area contributed by atoms with E-state index in [9.17, 15) is 34.2 Å². The zero-order valence-electron chi connectivity index (χ0n) is 35.4. The summed E-state index contributed by atoms with van der Waals surface area (Å²) in [4.78, 5) is 69.8. The van der Waals surface area contributed by atoms with Crippen LogP contribution < -0.4 is 5.73 Å². The molecule has 1 saturated heterocycles. The first-order chi connectivity index (χ1) is 28.7. The van der Waals surface area contributed by atoms with E-state index in [1.165, 1.54) is 6.92 Å². The van der Waals surface area contributed by atoms with Crippen molar-refractivity contribution in [1.82, 2.24) is 0 Å². The molecule has 328 valence electrons. The van der Waals surface area contributed by atoms with Gasteiger partial charge in [-0.1, -0.05) is 86.2 Å². The van der Waals surface area contributed by atoms with Crippen LogP contribution in [0.3, 0.4) is 0 Å². The highest BCUT2D eigenvalue weighted by Crippen LogP contribution is 2.62. The minimum Gasteiger partial charge on any atom is -0.481 e. The van der Waals surface area contributed by atoms with Crippen LogP contribution in [0.25, 0.3) is 0 Å². The number of rotatable bonds is 7. The van der Waals surface area contributed by atoms with Gasteiger partial charge in [-0.05, 0) is 68.5 Å². The molecule has 3 aromatic carbocycles. The summed E-state index contributed by atoms with van der Waals surface area (Å²) >= 11 is 0. The molecule has 1 heterocycles. The van der Waals surface area contributed by atoms with Crippen molar-refractivity contribution < 1.29 is 63.4 Å². The average Bonchev–Trinajstić information content (AvgIpc) is 3.20. The Labute approximate surface area is 355 Å². The molecule has 8 atom stereocenters. The molecule has 3 unspecified atom stereocenters. The number of hydrogen-bond acceptors (Lipinski definition) is 11. The number of benzene rings is 3. The van der Waals surface area contributed by atoms with Crippen molar-refractivity contribution in [2.45, 2.75) is 104 Å². The molecule has 14 nitrogen and oxygen atoms in total. The molecule has 7 rings (SSSR count). The number of ether oxygens (including phenoxy) is 3. The fourth-order valence-corrected chi connectivity index (χ4v) is 8.98. The van der Waals surface area contributed by atoms with E-state index >= 15 is 0 Å². The zero-order valence-corrected chi connectivity index (χ0v) is 35.4. The minimum absolute atomic E-state index is 0.212. The predicted octanol–water partition coefficient (Wildman–Crippen LogP) is 5.58. The molecule has 4 aliphatic rings. The largest absolute Gasteiger partial charge is 0.481 e. The van der Waals surface area contributed by atoms with E-state index in [2.05, 4.69) is 0 Å². The summed E-state index contributed by atoms with van der Waals surface area (Å²) in [6.07, 6.45) is -2.05. The van der Waals surface area contributed by atoms with E-state index in [-0.39, 0.29) is 37.2 Å². The fraction of sp³-hybridized carbons (Fsp3) is 0.447. The van der Waals surface area contributed by atoms with Gasteiger partial charge in [0.1, 0.15) is 11.7 Å². The van der Waals surface area contributed by atoms with Crippen LogP contribution in [0.4, 0.5) is 0 Å².